The number of carbonyl (C=O) groups is 3. The normalized spacial score (nSPS) is 16.0. The van der Waals surface area contributed by atoms with Crippen molar-refractivity contribution in [3.63, 3.8) is 0 Å². The molecule has 42 heavy (non-hydrogen) atoms. The molecule has 1 aliphatic rings. The van der Waals surface area contributed by atoms with E-state index in [1.807, 2.05) is 27.7 Å². The highest BCUT2D eigenvalue weighted by molar-refractivity contribution is 6.65. The summed E-state index contributed by atoms with van der Waals surface area (Å²) in [6.07, 6.45) is -4.24. The molecule has 9 nitrogen and oxygen atoms in total. The number of benzene rings is 2. The Balaban J connectivity index is 2.00. The van der Waals surface area contributed by atoms with Crippen molar-refractivity contribution in [3.05, 3.63) is 52.6 Å². The molecule has 1 N–H and O–H groups in total. The van der Waals surface area contributed by atoms with Crippen molar-refractivity contribution >= 4 is 30.5 Å². The van der Waals surface area contributed by atoms with E-state index in [1.54, 1.807) is 45.9 Å². The monoisotopic (exact) mass is 582 g/mol. The fourth-order valence-electron chi connectivity index (χ4n) is 4.83. The standard InChI is InChI=1S/C32H43BO9/c1-16(2)21-14-22(17(3)4)27(23(15-21)18(5)6)33-41-29(32(37)42-33)28(30(34)35)40-31(36)26-24(38-19(7)8)12-11-13-25(26)39-20(9)10/h11-20,28-29H,1-10H3,(H,34,35)/t28-,29-/m1/s1. The zero-order chi connectivity index (χ0) is 31.5. The predicted octanol–water partition coefficient (Wildman–Crippen LogP) is 5.58. The average molecular weight is 582 g/mol. The van der Waals surface area contributed by atoms with E-state index >= 15 is 0 Å². The molecule has 10 heteroatoms. The summed E-state index contributed by atoms with van der Waals surface area (Å²) in [5, 5.41) is 10.1. The van der Waals surface area contributed by atoms with Gasteiger partial charge in [0.2, 0.25) is 6.10 Å². The fraction of sp³-hybridized carbons (Fsp3) is 0.531. The van der Waals surface area contributed by atoms with Crippen LogP contribution in [0.25, 0.3) is 0 Å². The van der Waals surface area contributed by atoms with E-state index in [2.05, 4.69) is 26.0 Å². The van der Waals surface area contributed by atoms with Crippen molar-refractivity contribution in [2.24, 2.45) is 0 Å². The highest BCUT2D eigenvalue weighted by Crippen LogP contribution is 2.33. The Labute approximate surface area is 249 Å². The molecule has 228 valence electrons. The number of hydrogen-bond acceptors (Lipinski definition) is 8. The van der Waals surface area contributed by atoms with E-state index in [0.29, 0.717) is 5.46 Å². The molecule has 0 amide bonds. The number of rotatable bonds is 12. The molecule has 0 radical (unpaired) electrons. The van der Waals surface area contributed by atoms with Gasteiger partial charge in [-0.05, 0) is 74.3 Å². The van der Waals surface area contributed by atoms with Crippen molar-refractivity contribution in [2.45, 2.75) is 111 Å². The van der Waals surface area contributed by atoms with E-state index in [1.165, 1.54) is 0 Å². The minimum absolute atomic E-state index is 0.0717. The molecule has 0 spiro atoms. The molecule has 3 rings (SSSR count). The zero-order valence-electron chi connectivity index (χ0n) is 26.2. The Morgan fingerprint density at radius 2 is 1.33 bits per heavy atom. The summed E-state index contributed by atoms with van der Waals surface area (Å²) < 4.78 is 28.7. The molecular weight excluding hydrogens is 539 g/mol. The van der Waals surface area contributed by atoms with Crippen LogP contribution in [-0.4, -0.2) is 54.5 Å². The average Bonchev–Trinajstić information content (AvgIpc) is 3.25. The Morgan fingerprint density at radius 3 is 1.74 bits per heavy atom. The van der Waals surface area contributed by atoms with Crippen LogP contribution in [0.5, 0.6) is 11.5 Å². The second-order valence-electron chi connectivity index (χ2n) is 12.0. The van der Waals surface area contributed by atoms with E-state index in [9.17, 15) is 19.5 Å². The third kappa shape index (κ3) is 7.45. The van der Waals surface area contributed by atoms with Crippen molar-refractivity contribution < 1.29 is 43.0 Å². The lowest BCUT2D eigenvalue weighted by atomic mass is 9.68. The van der Waals surface area contributed by atoms with Crippen LogP contribution in [-0.2, 0) is 23.6 Å². The molecule has 0 bridgehead atoms. The maximum absolute atomic E-state index is 13.5. The first-order valence-electron chi connectivity index (χ1n) is 14.6. The Kier molecular flexibility index (Phi) is 10.7. The lowest BCUT2D eigenvalue weighted by molar-refractivity contribution is -0.158. The largest absolute Gasteiger partial charge is 0.566 e. The topological polar surface area (TPSA) is 118 Å². The van der Waals surface area contributed by atoms with Gasteiger partial charge in [-0.25, -0.2) is 9.59 Å². The molecule has 0 saturated carbocycles. The van der Waals surface area contributed by atoms with Crippen molar-refractivity contribution in [3.8, 4) is 11.5 Å². The summed E-state index contributed by atoms with van der Waals surface area (Å²) >= 11 is 0. The van der Waals surface area contributed by atoms with Gasteiger partial charge in [-0.1, -0.05) is 59.7 Å². The van der Waals surface area contributed by atoms with E-state index in [0.717, 1.165) is 16.7 Å². The first kappa shape index (κ1) is 33.0. The van der Waals surface area contributed by atoms with Gasteiger partial charge in [-0.3, -0.25) is 4.79 Å². The van der Waals surface area contributed by atoms with Gasteiger partial charge in [0.15, 0.2) is 6.10 Å². The highest BCUT2D eigenvalue weighted by Gasteiger charge is 2.51. The first-order chi connectivity index (χ1) is 19.6. The molecule has 2 aromatic carbocycles. The summed E-state index contributed by atoms with van der Waals surface area (Å²) in [5.74, 6) is -2.76. The maximum Gasteiger partial charge on any atom is 0.566 e. The van der Waals surface area contributed by atoms with Gasteiger partial charge in [0.05, 0.1) is 12.2 Å². The summed E-state index contributed by atoms with van der Waals surface area (Å²) in [6.45, 7) is 19.5. The minimum atomic E-state index is -1.98. The summed E-state index contributed by atoms with van der Waals surface area (Å²) in [7, 11) is -1.16. The van der Waals surface area contributed by atoms with Gasteiger partial charge >= 0.3 is 25.0 Å². The van der Waals surface area contributed by atoms with Crippen LogP contribution < -0.4 is 14.9 Å². The third-order valence-electron chi connectivity index (χ3n) is 6.81. The summed E-state index contributed by atoms with van der Waals surface area (Å²) in [6, 6.07) is 8.96. The molecule has 2 atom stereocenters. The molecule has 2 aromatic rings. The van der Waals surface area contributed by atoms with Gasteiger partial charge in [0.1, 0.15) is 17.1 Å². The summed E-state index contributed by atoms with van der Waals surface area (Å²) in [5.41, 5.74) is 3.65. The number of aliphatic carboxylic acids is 1. The maximum atomic E-state index is 13.5. The van der Waals surface area contributed by atoms with E-state index in [4.69, 9.17) is 23.5 Å². The van der Waals surface area contributed by atoms with Crippen LogP contribution in [0.2, 0.25) is 0 Å². The number of carbonyl (C=O) groups excluding carboxylic acids is 2. The molecular formula is C32H43BO9. The second-order valence-corrected chi connectivity index (χ2v) is 12.0. The van der Waals surface area contributed by atoms with Crippen LogP contribution in [0, 0.1) is 0 Å². The van der Waals surface area contributed by atoms with E-state index < -0.39 is 37.2 Å². The molecule has 0 aliphatic carbocycles. The fourth-order valence-corrected chi connectivity index (χ4v) is 4.83. The predicted molar refractivity (Wildman–Crippen MR) is 160 cm³/mol. The van der Waals surface area contributed by atoms with Gasteiger partial charge in [-0.15, -0.1) is 0 Å². The van der Waals surface area contributed by atoms with Crippen LogP contribution in [0.4, 0.5) is 0 Å². The number of hydrogen-bond donors (Lipinski definition) is 1. The number of carboxylic acids is 1. The summed E-state index contributed by atoms with van der Waals surface area (Å²) in [4.78, 5) is 39.1. The van der Waals surface area contributed by atoms with Crippen molar-refractivity contribution in [1.82, 2.24) is 0 Å². The number of carboxylic acid groups (broad SMARTS) is 1. The van der Waals surface area contributed by atoms with Gasteiger partial charge in [0.25, 0.3) is 0 Å². The molecule has 1 fully saturated rings. The van der Waals surface area contributed by atoms with Gasteiger partial charge in [-0.2, -0.15) is 0 Å². The van der Waals surface area contributed by atoms with Crippen LogP contribution in [0.3, 0.4) is 0 Å². The Bertz CT molecular complexity index is 1240. The van der Waals surface area contributed by atoms with Crippen LogP contribution >= 0.6 is 0 Å². The Hall–Kier alpha value is -3.53. The van der Waals surface area contributed by atoms with Crippen LogP contribution in [0.1, 0.15) is 114 Å². The molecule has 1 aliphatic heterocycles. The van der Waals surface area contributed by atoms with Crippen molar-refractivity contribution in [1.29, 1.82) is 0 Å². The lowest BCUT2D eigenvalue weighted by Gasteiger charge is -2.24. The second kappa shape index (κ2) is 13.6. The quantitative estimate of drug-likeness (QED) is 0.253. The Morgan fingerprint density at radius 1 is 0.833 bits per heavy atom. The highest BCUT2D eigenvalue weighted by atomic mass is 16.7. The molecule has 0 aromatic heterocycles. The van der Waals surface area contributed by atoms with Crippen molar-refractivity contribution in [2.75, 3.05) is 0 Å². The molecule has 1 saturated heterocycles. The minimum Gasteiger partial charge on any atom is -0.504 e. The first-order valence-corrected chi connectivity index (χ1v) is 14.6. The zero-order valence-corrected chi connectivity index (χ0v) is 26.2. The SMILES string of the molecule is CC(C)Oc1cccc(OC(C)C)c1C(=O)O[C@@H](C(=O)O)[C@H]1OB(c2c(C(C)C)cc(C(C)C)cc2C(C)C)OC1=O. The van der Waals surface area contributed by atoms with Gasteiger partial charge < -0.3 is 28.6 Å². The molecule has 0 unspecified atom stereocenters. The number of esters is 1. The number of ether oxygens (including phenoxy) is 3. The molecule has 1 heterocycles. The smallest absolute Gasteiger partial charge is 0.504 e. The van der Waals surface area contributed by atoms with Crippen LogP contribution in [0.15, 0.2) is 30.3 Å². The van der Waals surface area contributed by atoms with E-state index in [-0.39, 0.29) is 47.0 Å². The lowest BCUT2D eigenvalue weighted by Crippen LogP contribution is -2.44. The third-order valence-corrected chi connectivity index (χ3v) is 6.81. The van der Waals surface area contributed by atoms with Gasteiger partial charge in [0, 0.05) is 5.46 Å².